The summed E-state index contributed by atoms with van der Waals surface area (Å²) in [7, 11) is 1.70. The Balaban J connectivity index is 2.66. The second kappa shape index (κ2) is 7.00. The van der Waals surface area contributed by atoms with E-state index in [0.717, 1.165) is 11.0 Å². The predicted octanol–water partition coefficient (Wildman–Crippen LogP) is 1.70. The molecule has 0 fully saturated rings. The molecular weight excluding hydrogens is 318 g/mol. The van der Waals surface area contributed by atoms with Crippen LogP contribution in [0.25, 0.3) is 10.9 Å². The molecule has 1 amide bonds. The van der Waals surface area contributed by atoms with Gasteiger partial charge in [0, 0.05) is 25.2 Å². The van der Waals surface area contributed by atoms with Gasteiger partial charge in [-0.2, -0.15) is 0 Å². The van der Waals surface area contributed by atoms with Crippen molar-refractivity contribution in [2.45, 2.75) is 33.4 Å². The van der Waals surface area contributed by atoms with Crippen LogP contribution in [0.4, 0.5) is 0 Å². The van der Waals surface area contributed by atoms with Gasteiger partial charge in [-0.15, -0.1) is 0 Å². The molecule has 1 heterocycles. The van der Waals surface area contributed by atoms with Crippen molar-refractivity contribution in [1.29, 1.82) is 0 Å². The van der Waals surface area contributed by atoms with Gasteiger partial charge < -0.3 is 4.90 Å². The average molecular weight is 338 g/mol. The molecule has 0 unspecified atom stereocenters. The zero-order chi connectivity index (χ0) is 17.1. The van der Waals surface area contributed by atoms with E-state index in [4.69, 9.17) is 11.6 Å². The van der Waals surface area contributed by atoms with Crippen molar-refractivity contribution >= 4 is 28.4 Å². The molecule has 0 saturated heterocycles. The first-order valence-electron chi connectivity index (χ1n) is 7.57. The van der Waals surface area contributed by atoms with Gasteiger partial charge >= 0.3 is 5.69 Å². The van der Waals surface area contributed by atoms with Gasteiger partial charge in [-0.05, 0) is 31.5 Å². The van der Waals surface area contributed by atoms with Gasteiger partial charge in [0.25, 0.3) is 5.56 Å². The molecule has 124 valence electrons. The summed E-state index contributed by atoms with van der Waals surface area (Å²) in [5, 5.41) is 0.787. The summed E-state index contributed by atoms with van der Waals surface area (Å²) in [6.45, 7) is 4.43. The van der Waals surface area contributed by atoms with Crippen molar-refractivity contribution in [1.82, 2.24) is 14.0 Å². The summed E-state index contributed by atoms with van der Waals surface area (Å²) in [4.78, 5) is 38.8. The molecule has 6 nitrogen and oxygen atoms in total. The molecule has 0 N–H and O–H groups in total. The van der Waals surface area contributed by atoms with Crippen molar-refractivity contribution in [3.05, 3.63) is 44.1 Å². The van der Waals surface area contributed by atoms with Gasteiger partial charge in [-0.25, -0.2) is 4.79 Å². The first-order chi connectivity index (χ1) is 10.9. The number of halogens is 1. The van der Waals surface area contributed by atoms with Gasteiger partial charge in [-0.3, -0.25) is 18.7 Å². The lowest BCUT2D eigenvalue weighted by molar-refractivity contribution is -0.130. The smallest absolute Gasteiger partial charge is 0.331 e. The first kappa shape index (κ1) is 17.3. The molecule has 2 aromatic rings. The second-order valence-electron chi connectivity index (χ2n) is 5.39. The van der Waals surface area contributed by atoms with E-state index < -0.39 is 5.69 Å². The molecule has 0 aliphatic carbocycles. The van der Waals surface area contributed by atoms with Crippen LogP contribution in [-0.4, -0.2) is 33.5 Å². The number of aromatic nitrogens is 2. The van der Waals surface area contributed by atoms with Gasteiger partial charge in [0.15, 0.2) is 0 Å². The Labute approximate surface area is 138 Å². The highest BCUT2D eigenvalue weighted by molar-refractivity contribution is 6.31. The fraction of sp³-hybridized carbons (Fsp3) is 0.438. The number of carbonyl (C=O) groups is 1. The fourth-order valence-electron chi connectivity index (χ4n) is 2.54. The highest BCUT2D eigenvalue weighted by Crippen LogP contribution is 2.15. The minimum atomic E-state index is -0.495. The Hall–Kier alpha value is -2.08. The number of hydrogen-bond acceptors (Lipinski definition) is 3. The van der Waals surface area contributed by atoms with Crippen LogP contribution in [0.1, 0.15) is 20.3 Å². The highest BCUT2D eigenvalue weighted by atomic mass is 35.5. The maximum atomic E-state index is 12.6. The molecule has 0 aliphatic rings. The normalized spacial score (nSPS) is 11.0. The summed E-state index contributed by atoms with van der Waals surface area (Å²) >= 11 is 6.00. The van der Waals surface area contributed by atoms with E-state index in [1.54, 1.807) is 37.1 Å². The molecule has 23 heavy (non-hydrogen) atoms. The van der Waals surface area contributed by atoms with Gasteiger partial charge in [0.2, 0.25) is 5.91 Å². The molecule has 0 spiro atoms. The van der Waals surface area contributed by atoms with Crippen LogP contribution in [-0.2, 0) is 17.9 Å². The van der Waals surface area contributed by atoms with Gasteiger partial charge in [0.05, 0.1) is 10.9 Å². The topological polar surface area (TPSA) is 64.3 Å². The van der Waals surface area contributed by atoms with E-state index in [1.807, 2.05) is 6.92 Å². The standard InChI is InChI=1S/C16H20ClN3O3/c1-4-8-18(3)14(21)10-20-13-9-11(17)6-7-12(13)15(22)19(5-2)16(20)23/h6-7,9H,4-5,8,10H2,1-3H3. The van der Waals surface area contributed by atoms with Crippen LogP contribution < -0.4 is 11.2 Å². The number of amides is 1. The maximum absolute atomic E-state index is 12.6. The van der Waals surface area contributed by atoms with Crippen LogP contribution in [0.2, 0.25) is 5.02 Å². The second-order valence-corrected chi connectivity index (χ2v) is 5.83. The molecule has 0 bridgehead atoms. The average Bonchev–Trinajstić information content (AvgIpc) is 2.51. The molecule has 0 aliphatic heterocycles. The van der Waals surface area contributed by atoms with Crippen molar-refractivity contribution in [2.75, 3.05) is 13.6 Å². The Morgan fingerprint density at radius 2 is 1.91 bits per heavy atom. The third-order valence-corrected chi connectivity index (χ3v) is 4.02. The minimum Gasteiger partial charge on any atom is -0.344 e. The van der Waals surface area contributed by atoms with Gasteiger partial charge in [-0.1, -0.05) is 18.5 Å². The van der Waals surface area contributed by atoms with Crippen LogP contribution in [0.5, 0.6) is 0 Å². The summed E-state index contributed by atoms with van der Waals surface area (Å²) < 4.78 is 2.45. The number of likely N-dealkylation sites (N-methyl/N-ethyl adjacent to an activating group) is 1. The largest absolute Gasteiger partial charge is 0.344 e. The molecule has 0 radical (unpaired) electrons. The van der Waals surface area contributed by atoms with E-state index in [-0.39, 0.29) is 24.6 Å². The molecular formula is C16H20ClN3O3. The minimum absolute atomic E-state index is 0.119. The fourth-order valence-corrected chi connectivity index (χ4v) is 2.70. The zero-order valence-electron chi connectivity index (χ0n) is 13.5. The number of carbonyl (C=O) groups excluding carboxylic acids is 1. The van der Waals surface area contributed by atoms with E-state index in [2.05, 4.69) is 0 Å². The molecule has 1 aromatic carbocycles. The molecule has 1 aromatic heterocycles. The Morgan fingerprint density at radius 3 is 2.52 bits per heavy atom. The lowest BCUT2D eigenvalue weighted by atomic mass is 10.2. The number of nitrogens with zero attached hydrogens (tertiary/aromatic N) is 3. The van der Waals surface area contributed by atoms with Crippen LogP contribution in [0.15, 0.2) is 27.8 Å². The van der Waals surface area contributed by atoms with E-state index >= 15 is 0 Å². The van der Waals surface area contributed by atoms with E-state index in [9.17, 15) is 14.4 Å². The molecule has 0 atom stereocenters. The van der Waals surface area contributed by atoms with Crippen LogP contribution >= 0.6 is 11.6 Å². The number of fused-ring (bicyclic) bond motifs is 1. The third-order valence-electron chi connectivity index (χ3n) is 3.78. The quantitative estimate of drug-likeness (QED) is 0.834. The predicted molar refractivity (Wildman–Crippen MR) is 91.1 cm³/mol. The lowest BCUT2D eigenvalue weighted by Gasteiger charge is -2.18. The van der Waals surface area contributed by atoms with Crippen molar-refractivity contribution in [2.24, 2.45) is 0 Å². The number of benzene rings is 1. The summed E-state index contributed by atoms with van der Waals surface area (Å²) in [6, 6.07) is 4.74. The van der Waals surface area contributed by atoms with Crippen molar-refractivity contribution in [3.8, 4) is 0 Å². The lowest BCUT2D eigenvalue weighted by Crippen LogP contribution is -2.42. The van der Waals surface area contributed by atoms with Crippen molar-refractivity contribution < 1.29 is 4.79 Å². The monoisotopic (exact) mass is 337 g/mol. The first-order valence-corrected chi connectivity index (χ1v) is 7.95. The van der Waals surface area contributed by atoms with Crippen LogP contribution in [0, 0.1) is 0 Å². The summed E-state index contributed by atoms with van der Waals surface area (Å²) in [5.41, 5.74) is -0.476. The maximum Gasteiger partial charge on any atom is 0.331 e. The Morgan fingerprint density at radius 1 is 1.22 bits per heavy atom. The SMILES string of the molecule is CCCN(C)C(=O)Cn1c(=O)n(CC)c(=O)c2ccc(Cl)cc21. The van der Waals surface area contributed by atoms with E-state index in [0.29, 0.717) is 22.5 Å². The summed E-state index contributed by atoms with van der Waals surface area (Å²) in [5.74, 6) is -0.184. The van der Waals surface area contributed by atoms with Gasteiger partial charge in [0.1, 0.15) is 6.54 Å². The summed E-state index contributed by atoms with van der Waals surface area (Å²) in [6.07, 6.45) is 0.832. The molecule has 2 rings (SSSR count). The number of rotatable bonds is 5. The molecule has 0 saturated carbocycles. The third kappa shape index (κ3) is 3.32. The van der Waals surface area contributed by atoms with E-state index in [1.165, 1.54) is 4.57 Å². The molecule has 7 heteroatoms. The Kier molecular flexibility index (Phi) is 5.26. The number of hydrogen-bond donors (Lipinski definition) is 0. The highest BCUT2D eigenvalue weighted by Gasteiger charge is 2.16. The van der Waals surface area contributed by atoms with Crippen LogP contribution in [0.3, 0.4) is 0 Å². The Bertz CT molecular complexity index is 854. The van der Waals surface area contributed by atoms with Crippen molar-refractivity contribution in [3.63, 3.8) is 0 Å². The zero-order valence-corrected chi connectivity index (χ0v) is 14.3.